The maximum Gasteiger partial charge on any atom is 0.421 e. The van der Waals surface area contributed by atoms with E-state index in [9.17, 15) is 13.2 Å². The summed E-state index contributed by atoms with van der Waals surface area (Å²) >= 11 is 5.27. The number of hydrogen-bond acceptors (Lipinski definition) is 4. The van der Waals surface area contributed by atoms with Crippen LogP contribution in [0.1, 0.15) is 26.2 Å². The van der Waals surface area contributed by atoms with Gasteiger partial charge in [0.05, 0.1) is 5.88 Å². The monoisotopic (exact) mass is 272 g/mol. The Kier molecular flexibility index (Phi) is 8.32. The lowest BCUT2D eigenvalue weighted by atomic mass is 10.3. The molecule has 16 heavy (non-hydrogen) atoms. The van der Waals surface area contributed by atoms with Gasteiger partial charge >= 0.3 is 16.3 Å². The lowest BCUT2D eigenvalue weighted by Crippen LogP contribution is -2.41. The first kappa shape index (κ1) is 15.5. The predicted octanol–water partition coefficient (Wildman–Crippen LogP) is 0.976. The Morgan fingerprint density at radius 3 is 2.62 bits per heavy atom. The van der Waals surface area contributed by atoms with Crippen molar-refractivity contribution in [1.82, 2.24) is 9.44 Å². The zero-order valence-electron chi connectivity index (χ0n) is 9.16. The van der Waals surface area contributed by atoms with Gasteiger partial charge in [0.15, 0.2) is 0 Å². The molecule has 0 aliphatic carbocycles. The van der Waals surface area contributed by atoms with E-state index in [2.05, 4.69) is 9.46 Å². The van der Waals surface area contributed by atoms with E-state index in [0.717, 1.165) is 19.3 Å². The average molecular weight is 273 g/mol. The van der Waals surface area contributed by atoms with Crippen LogP contribution < -0.4 is 9.44 Å². The number of halogens is 1. The van der Waals surface area contributed by atoms with Crippen molar-refractivity contribution in [2.75, 3.05) is 19.0 Å². The molecule has 0 fully saturated rings. The third-order valence-electron chi connectivity index (χ3n) is 1.60. The molecule has 0 bridgehead atoms. The third kappa shape index (κ3) is 8.75. The molecule has 0 atom stereocenters. The highest BCUT2D eigenvalue weighted by Gasteiger charge is 2.13. The van der Waals surface area contributed by atoms with Gasteiger partial charge in [0.25, 0.3) is 0 Å². The van der Waals surface area contributed by atoms with Crippen molar-refractivity contribution in [1.29, 1.82) is 0 Å². The Balaban J connectivity index is 3.81. The summed E-state index contributed by atoms with van der Waals surface area (Å²) in [6.07, 6.45) is 1.63. The number of amides is 1. The lowest BCUT2D eigenvalue weighted by Gasteiger charge is -2.07. The van der Waals surface area contributed by atoms with Gasteiger partial charge in [-0.1, -0.05) is 19.8 Å². The first-order chi connectivity index (χ1) is 7.52. The SMILES string of the molecule is CCCCCNS(=O)(=O)NC(=O)OCCCl. The molecule has 0 unspecified atom stereocenters. The van der Waals surface area contributed by atoms with Crippen LogP contribution in [0.15, 0.2) is 0 Å². The summed E-state index contributed by atoms with van der Waals surface area (Å²) in [6.45, 7) is 2.28. The van der Waals surface area contributed by atoms with Gasteiger partial charge in [0.1, 0.15) is 6.61 Å². The van der Waals surface area contributed by atoms with E-state index in [4.69, 9.17) is 11.6 Å². The molecule has 0 spiro atoms. The normalized spacial score (nSPS) is 11.1. The second-order valence-electron chi connectivity index (χ2n) is 3.03. The molecular formula is C8H17ClN2O4S. The van der Waals surface area contributed by atoms with E-state index >= 15 is 0 Å². The van der Waals surface area contributed by atoms with Crippen LogP contribution in [0, 0.1) is 0 Å². The molecule has 1 amide bonds. The number of ether oxygens (including phenoxy) is 1. The van der Waals surface area contributed by atoms with Gasteiger partial charge < -0.3 is 4.74 Å². The highest BCUT2D eigenvalue weighted by molar-refractivity contribution is 7.88. The van der Waals surface area contributed by atoms with Crippen molar-refractivity contribution < 1.29 is 17.9 Å². The third-order valence-corrected chi connectivity index (χ3v) is 2.77. The summed E-state index contributed by atoms with van der Waals surface area (Å²) < 4.78 is 30.8. The molecular weight excluding hydrogens is 256 g/mol. The summed E-state index contributed by atoms with van der Waals surface area (Å²) in [5.74, 6) is 0.122. The Labute approximate surface area is 101 Å². The number of rotatable bonds is 8. The van der Waals surface area contributed by atoms with E-state index in [1.54, 1.807) is 4.72 Å². The average Bonchev–Trinajstić information content (AvgIpc) is 2.21. The molecule has 0 rings (SSSR count). The molecule has 0 aliphatic heterocycles. The first-order valence-corrected chi connectivity index (χ1v) is 7.03. The second-order valence-corrected chi connectivity index (χ2v) is 4.91. The molecule has 0 radical (unpaired) electrons. The van der Waals surface area contributed by atoms with Gasteiger partial charge in [0, 0.05) is 6.54 Å². The van der Waals surface area contributed by atoms with Gasteiger partial charge in [0.2, 0.25) is 0 Å². The maximum atomic E-state index is 11.2. The van der Waals surface area contributed by atoms with Crippen molar-refractivity contribution in [3.63, 3.8) is 0 Å². The summed E-state index contributed by atoms with van der Waals surface area (Å²) in [6, 6.07) is 0. The number of carbonyl (C=O) groups is 1. The number of carbonyl (C=O) groups excluding carboxylic acids is 1. The smallest absolute Gasteiger partial charge is 0.421 e. The Morgan fingerprint density at radius 2 is 2.06 bits per heavy atom. The van der Waals surface area contributed by atoms with Crippen LogP contribution in [0.3, 0.4) is 0 Å². The van der Waals surface area contributed by atoms with Crippen LogP contribution in [0.5, 0.6) is 0 Å². The van der Waals surface area contributed by atoms with Gasteiger partial charge in [-0.25, -0.2) is 9.52 Å². The van der Waals surface area contributed by atoms with E-state index in [1.165, 1.54) is 0 Å². The van der Waals surface area contributed by atoms with E-state index < -0.39 is 16.3 Å². The van der Waals surface area contributed by atoms with Crippen LogP contribution in [-0.2, 0) is 14.9 Å². The molecule has 0 aromatic carbocycles. The fraction of sp³-hybridized carbons (Fsp3) is 0.875. The summed E-state index contributed by atoms with van der Waals surface area (Å²) in [5, 5.41) is 0. The van der Waals surface area contributed by atoms with Crippen molar-refractivity contribution in [3.05, 3.63) is 0 Å². The quantitative estimate of drug-likeness (QED) is 0.509. The zero-order chi connectivity index (χ0) is 12.4. The standard InChI is InChI=1S/C8H17ClN2O4S/c1-2-3-4-6-10-16(13,14)11-8(12)15-7-5-9/h10H,2-7H2,1H3,(H,11,12). The Hall–Kier alpha value is -0.530. The van der Waals surface area contributed by atoms with Crippen LogP contribution in [-0.4, -0.2) is 33.5 Å². The van der Waals surface area contributed by atoms with Crippen molar-refractivity contribution in [3.8, 4) is 0 Å². The molecule has 6 nitrogen and oxygen atoms in total. The molecule has 0 saturated heterocycles. The Morgan fingerprint density at radius 1 is 1.38 bits per heavy atom. The lowest BCUT2D eigenvalue weighted by molar-refractivity contribution is 0.159. The van der Waals surface area contributed by atoms with E-state index in [-0.39, 0.29) is 12.5 Å². The molecule has 2 N–H and O–H groups in total. The first-order valence-electron chi connectivity index (χ1n) is 5.02. The predicted molar refractivity (Wildman–Crippen MR) is 61.7 cm³/mol. The largest absolute Gasteiger partial charge is 0.448 e. The minimum Gasteiger partial charge on any atom is -0.448 e. The Bertz CT molecular complexity index is 294. The fourth-order valence-corrected chi connectivity index (χ4v) is 1.73. The molecule has 0 heterocycles. The molecule has 8 heteroatoms. The molecule has 96 valence electrons. The van der Waals surface area contributed by atoms with Gasteiger partial charge in [-0.05, 0) is 6.42 Å². The minimum atomic E-state index is -3.81. The van der Waals surface area contributed by atoms with Crippen LogP contribution in [0.2, 0.25) is 0 Å². The van der Waals surface area contributed by atoms with Crippen molar-refractivity contribution >= 4 is 27.9 Å². The maximum absolute atomic E-state index is 11.2. The summed E-state index contributed by atoms with van der Waals surface area (Å²) in [7, 11) is -3.81. The molecule has 0 aliphatic rings. The second kappa shape index (κ2) is 8.60. The van der Waals surface area contributed by atoms with Crippen LogP contribution >= 0.6 is 11.6 Å². The van der Waals surface area contributed by atoms with E-state index in [1.807, 2.05) is 6.92 Å². The van der Waals surface area contributed by atoms with Crippen molar-refractivity contribution in [2.24, 2.45) is 0 Å². The fourth-order valence-electron chi connectivity index (χ4n) is 0.888. The highest BCUT2D eigenvalue weighted by atomic mass is 35.5. The van der Waals surface area contributed by atoms with Crippen molar-refractivity contribution in [2.45, 2.75) is 26.2 Å². The number of nitrogens with one attached hydrogen (secondary N) is 2. The topological polar surface area (TPSA) is 84.5 Å². The number of hydrogen-bond donors (Lipinski definition) is 2. The minimum absolute atomic E-state index is 0.0290. The summed E-state index contributed by atoms with van der Waals surface area (Å²) in [5.41, 5.74) is 0. The number of alkyl halides is 1. The van der Waals surface area contributed by atoms with Crippen LogP contribution in [0.25, 0.3) is 0 Å². The van der Waals surface area contributed by atoms with Gasteiger partial charge in [-0.2, -0.15) is 13.1 Å². The van der Waals surface area contributed by atoms with Crippen LogP contribution in [0.4, 0.5) is 4.79 Å². The number of unbranched alkanes of at least 4 members (excludes halogenated alkanes) is 2. The summed E-state index contributed by atoms with van der Waals surface area (Å²) in [4.78, 5) is 10.9. The molecule has 0 saturated carbocycles. The molecule has 0 aromatic rings. The van der Waals surface area contributed by atoms with Gasteiger partial charge in [-0.3, -0.25) is 0 Å². The zero-order valence-corrected chi connectivity index (χ0v) is 10.7. The van der Waals surface area contributed by atoms with E-state index in [0.29, 0.717) is 6.54 Å². The molecule has 0 aromatic heterocycles. The highest BCUT2D eigenvalue weighted by Crippen LogP contribution is 1.92. The van der Waals surface area contributed by atoms with Gasteiger partial charge in [-0.15, -0.1) is 11.6 Å².